The topological polar surface area (TPSA) is 69.4 Å². The average Bonchev–Trinajstić information content (AvgIpc) is 2.93. The summed E-state index contributed by atoms with van der Waals surface area (Å²) in [6.07, 6.45) is 1.37. The van der Waals surface area contributed by atoms with Crippen LogP contribution in [0.25, 0.3) is 10.7 Å². The Bertz CT molecular complexity index is 735. The number of pyridine rings is 1. The highest BCUT2D eigenvalue weighted by Gasteiger charge is 2.26. The van der Waals surface area contributed by atoms with Gasteiger partial charge in [0.25, 0.3) is 11.6 Å². The van der Waals surface area contributed by atoms with Crippen LogP contribution in [-0.4, -0.2) is 34.5 Å². The minimum atomic E-state index is -0.296. The standard InChI is InChI=1S/C17H23N3O3S/c1-11(2)23-12-7-8-14(20(22)9-12)15-18-13(10-24-15)16(21)19(6)17(3,4)5/h7-11H,1-6H3. The number of aromatic nitrogens is 2. The molecule has 2 heterocycles. The Morgan fingerprint density at radius 1 is 1.38 bits per heavy atom. The molecule has 0 aromatic carbocycles. The summed E-state index contributed by atoms with van der Waals surface area (Å²) >= 11 is 1.27. The molecule has 6 nitrogen and oxygen atoms in total. The van der Waals surface area contributed by atoms with Gasteiger partial charge in [0.1, 0.15) is 5.69 Å². The zero-order valence-electron chi connectivity index (χ0n) is 14.9. The minimum absolute atomic E-state index is 0.00660. The zero-order valence-corrected chi connectivity index (χ0v) is 15.7. The number of thiazole rings is 1. The molecular formula is C17H23N3O3S. The normalized spacial score (nSPS) is 11.6. The second-order valence-electron chi connectivity index (χ2n) is 6.82. The zero-order chi connectivity index (χ0) is 18.1. The van der Waals surface area contributed by atoms with E-state index in [1.165, 1.54) is 17.5 Å². The number of hydrogen-bond acceptors (Lipinski definition) is 5. The van der Waals surface area contributed by atoms with Crippen molar-refractivity contribution in [3.8, 4) is 16.5 Å². The van der Waals surface area contributed by atoms with Crippen molar-refractivity contribution in [2.75, 3.05) is 7.05 Å². The molecule has 24 heavy (non-hydrogen) atoms. The number of amides is 1. The van der Waals surface area contributed by atoms with Crippen molar-refractivity contribution in [1.29, 1.82) is 0 Å². The Hall–Kier alpha value is -2.15. The summed E-state index contributed by atoms with van der Waals surface area (Å²) in [5, 5.41) is 14.4. The monoisotopic (exact) mass is 349 g/mol. The lowest BCUT2D eigenvalue weighted by atomic mass is 10.1. The van der Waals surface area contributed by atoms with Gasteiger partial charge in [-0.2, -0.15) is 4.73 Å². The van der Waals surface area contributed by atoms with E-state index in [1.807, 2.05) is 34.6 Å². The van der Waals surface area contributed by atoms with Crippen LogP contribution >= 0.6 is 11.3 Å². The molecule has 2 aromatic heterocycles. The molecule has 0 aliphatic carbocycles. The second kappa shape index (κ2) is 6.76. The van der Waals surface area contributed by atoms with Crippen LogP contribution in [0, 0.1) is 5.21 Å². The molecule has 0 aliphatic rings. The van der Waals surface area contributed by atoms with Gasteiger partial charge in [-0.15, -0.1) is 11.3 Å². The lowest BCUT2D eigenvalue weighted by Gasteiger charge is -2.31. The van der Waals surface area contributed by atoms with Crippen molar-refractivity contribution < 1.29 is 14.3 Å². The van der Waals surface area contributed by atoms with Crippen molar-refractivity contribution in [2.45, 2.75) is 46.3 Å². The van der Waals surface area contributed by atoms with E-state index in [0.717, 1.165) is 4.73 Å². The first-order chi connectivity index (χ1) is 11.1. The van der Waals surface area contributed by atoms with Gasteiger partial charge in [0.2, 0.25) is 6.20 Å². The predicted octanol–water partition coefficient (Wildman–Crippen LogP) is 3.10. The lowest BCUT2D eigenvalue weighted by molar-refractivity contribution is -0.594. The highest BCUT2D eigenvalue weighted by atomic mass is 32.1. The molecule has 0 radical (unpaired) electrons. The maximum Gasteiger partial charge on any atom is 0.273 e. The first-order valence-corrected chi connectivity index (χ1v) is 8.61. The van der Waals surface area contributed by atoms with E-state index >= 15 is 0 Å². The highest BCUT2D eigenvalue weighted by molar-refractivity contribution is 7.13. The Labute approximate surface area is 146 Å². The van der Waals surface area contributed by atoms with E-state index < -0.39 is 0 Å². The third-order valence-corrected chi connectivity index (χ3v) is 4.38. The largest absolute Gasteiger partial charge is 0.618 e. The van der Waals surface area contributed by atoms with Gasteiger partial charge in [-0.3, -0.25) is 4.79 Å². The van der Waals surface area contributed by atoms with Crippen molar-refractivity contribution in [1.82, 2.24) is 9.88 Å². The molecule has 0 atom stereocenters. The molecule has 7 heteroatoms. The summed E-state index contributed by atoms with van der Waals surface area (Å²) in [4.78, 5) is 18.4. The van der Waals surface area contributed by atoms with Gasteiger partial charge in [-0.25, -0.2) is 4.98 Å². The second-order valence-corrected chi connectivity index (χ2v) is 7.67. The summed E-state index contributed by atoms with van der Waals surface area (Å²) in [7, 11) is 1.74. The number of carbonyl (C=O) groups is 1. The molecule has 1 amide bonds. The molecular weight excluding hydrogens is 326 g/mol. The summed E-state index contributed by atoms with van der Waals surface area (Å²) in [6, 6.07) is 3.39. The summed E-state index contributed by atoms with van der Waals surface area (Å²) < 4.78 is 6.22. The van der Waals surface area contributed by atoms with Gasteiger partial charge in [0, 0.05) is 24.0 Å². The third kappa shape index (κ3) is 4.03. The molecule has 2 aromatic rings. The fourth-order valence-electron chi connectivity index (χ4n) is 1.94. The number of hydrogen-bond donors (Lipinski definition) is 0. The molecule has 0 aliphatic heterocycles. The van der Waals surface area contributed by atoms with Crippen LogP contribution in [0.2, 0.25) is 0 Å². The highest BCUT2D eigenvalue weighted by Crippen LogP contribution is 2.24. The third-order valence-electron chi connectivity index (χ3n) is 3.51. The fourth-order valence-corrected chi connectivity index (χ4v) is 2.74. The number of carbonyl (C=O) groups excluding carboxylic acids is 1. The SMILES string of the molecule is CC(C)Oc1ccc(-c2nc(C(=O)N(C)C(C)(C)C)cs2)[n+]([O-])c1. The smallest absolute Gasteiger partial charge is 0.273 e. The predicted molar refractivity (Wildman–Crippen MR) is 94.1 cm³/mol. The molecule has 0 N–H and O–H groups in total. The van der Waals surface area contributed by atoms with E-state index in [0.29, 0.717) is 22.1 Å². The molecule has 0 spiro atoms. The van der Waals surface area contributed by atoms with E-state index in [9.17, 15) is 10.0 Å². The van der Waals surface area contributed by atoms with Crippen molar-refractivity contribution >= 4 is 17.2 Å². The first kappa shape index (κ1) is 18.2. The summed E-state index contributed by atoms with van der Waals surface area (Å²) in [6.45, 7) is 9.66. The maximum absolute atomic E-state index is 12.5. The quantitative estimate of drug-likeness (QED) is 0.628. The van der Waals surface area contributed by atoms with Crippen LogP contribution in [0.3, 0.4) is 0 Å². The minimum Gasteiger partial charge on any atom is -0.618 e. The van der Waals surface area contributed by atoms with Crippen LogP contribution in [0.4, 0.5) is 0 Å². The molecule has 0 saturated heterocycles. The van der Waals surface area contributed by atoms with Crippen LogP contribution in [-0.2, 0) is 0 Å². The fraction of sp³-hybridized carbons (Fsp3) is 0.471. The van der Waals surface area contributed by atoms with Gasteiger partial charge in [-0.05, 0) is 40.7 Å². The van der Waals surface area contributed by atoms with Crippen LogP contribution in [0.1, 0.15) is 45.1 Å². The number of rotatable bonds is 4. The van der Waals surface area contributed by atoms with Gasteiger partial charge in [0.05, 0.1) is 6.10 Å². The Balaban J connectivity index is 2.26. The Morgan fingerprint density at radius 2 is 2.04 bits per heavy atom. The summed E-state index contributed by atoms with van der Waals surface area (Å²) in [5.74, 6) is 0.339. The molecule has 2 rings (SSSR count). The van der Waals surface area contributed by atoms with Gasteiger partial charge in [0.15, 0.2) is 10.8 Å². The van der Waals surface area contributed by atoms with Gasteiger partial charge < -0.3 is 14.8 Å². The molecule has 0 bridgehead atoms. The van der Waals surface area contributed by atoms with Crippen molar-refractivity contribution in [3.05, 3.63) is 34.6 Å². The van der Waals surface area contributed by atoms with Crippen LogP contribution in [0.5, 0.6) is 5.75 Å². The van der Waals surface area contributed by atoms with Crippen molar-refractivity contribution in [3.63, 3.8) is 0 Å². The molecule has 0 saturated carbocycles. The first-order valence-electron chi connectivity index (χ1n) is 7.73. The average molecular weight is 349 g/mol. The maximum atomic E-state index is 12.5. The Kier molecular flexibility index (Phi) is 5.13. The molecule has 0 fully saturated rings. The molecule has 0 unspecified atom stereocenters. The molecule has 130 valence electrons. The van der Waals surface area contributed by atoms with E-state index in [-0.39, 0.29) is 17.6 Å². The number of nitrogens with zero attached hydrogens (tertiary/aromatic N) is 3. The van der Waals surface area contributed by atoms with Crippen LogP contribution in [0.15, 0.2) is 23.7 Å². The van der Waals surface area contributed by atoms with Gasteiger partial charge in [-0.1, -0.05) is 0 Å². The Morgan fingerprint density at radius 3 is 2.58 bits per heavy atom. The number of ether oxygens (including phenoxy) is 1. The van der Waals surface area contributed by atoms with Crippen molar-refractivity contribution in [2.24, 2.45) is 0 Å². The van der Waals surface area contributed by atoms with E-state index in [4.69, 9.17) is 4.74 Å². The van der Waals surface area contributed by atoms with Gasteiger partial charge >= 0.3 is 0 Å². The van der Waals surface area contributed by atoms with Crippen LogP contribution < -0.4 is 9.47 Å². The summed E-state index contributed by atoms with van der Waals surface area (Å²) in [5.41, 5.74) is 0.443. The lowest BCUT2D eigenvalue weighted by Crippen LogP contribution is -2.42. The van der Waals surface area contributed by atoms with E-state index in [1.54, 1.807) is 29.5 Å². The van der Waals surface area contributed by atoms with E-state index in [2.05, 4.69) is 4.98 Å².